The topological polar surface area (TPSA) is 59.6 Å². The van der Waals surface area contributed by atoms with Gasteiger partial charge in [-0.05, 0) is 32.9 Å². The summed E-state index contributed by atoms with van der Waals surface area (Å²) in [5.74, 6) is 0.806. The quantitative estimate of drug-likeness (QED) is 0.678. The molecule has 0 radical (unpaired) electrons. The molecule has 0 aliphatic rings. The van der Waals surface area contributed by atoms with Crippen molar-refractivity contribution in [2.45, 2.75) is 32.9 Å². The summed E-state index contributed by atoms with van der Waals surface area (Å²) in [6.45, 7) is 7.42. The second-order valence-electron chi connectivity index (χ2n) is 5.20. The Labute approximate surface area is 127 Å². The molecule has 5 heteroatoms. The van der Waals surface area contributed by atoms with Gasteiger partial charge in [-0.3, -0.25) is 4.79 Å². The number of rotatable bonds is 9. The van der Waals surface area contributed by atoms with Gasteiger partial charge in [0.05, 0.1) is 12.6 Å². The Morgan fingerprint density at radius 1 is 1.24 bits per heavy atom. The van der Waals surface area contributed by atoms with Crippen LogP contribution in [0.15, 0.2) is 24.3 Å². The molecule has 2 N–H and O–H groups in total. The molecule has 0 aliphatic carbocycles. The Kier molecular flexibility index (Phi) is 7.79. The van der Waals surface area contributed by atoms with Crippen LogP contribution in [-0.2, 0) is 9.53 Å². The van der Waals surface area contributed by atoms with Crippen molar-refractivity contribution in [3.05, 3.63) is 29.8 Å². The van der Waals surface area contributed by atoms with E-state index in [2.05, 4.69) is 10.6 Å². The Hall–Kier alpha value is -1.59. The third-order valence-electron chi connectivity index (χ3n) is 3.05. The van der Waals surface area contributed by atoms with E-state index in [4.69, 9.17) is 9.47 Å². The molecular weight excluding hydrogens is 268 g/mol. The molecule has 21 heavy (non-hydrogen) atoms. The first-order valence-electron chi connectivity index (χ1n) is 7.25. The zero-order chi connectivity index (χ0) is 15.7. The van der Waals surface area contributed by atoms with Crippen LogP contribution in [0.4, 0.5) is 0 Å². The molecule has 0 spiro atoms. The van der Waals surface area contributed by atoms with Crippen molar-refractivity contribution in [2.24, 2.45) is 0 Å². The van der Waals surface area contributed by atoms with Crippen LogP contribution in [0, 0.1) is 6.92 Å². The van der Waals surface area contributed by atoms with E-state index in [1.165, 1.54) is 5.56 Å². The molecule has 2 atom stereocenters. The monoisotopic (exact) mass is 294 g/mol. The van der Waals surface area contributed by atoms with Gasteiger partial charge in [-0.1, -0.05) is 17.7 Å². The number of methoxy groups -OCH3 is 1. The Balaban J connectivity index is 2.27. The molecule has 1 aromatic rings. The SMILES string of the molecule is COCCNC(=O)C(C)NC(C)COc1ccc(C)cc1. The van der Waals surface area contributed by atoms with Gasteiger partial charge in [0.25, 0.3) is 0 Å². The van der Waals surface area contributed by atoms with Gasteiger partial charge in [0.2, 0.25) is 5.91 Å². The molecule has 1 aromatic carbocycles. The Morgan fingerprint density at radius 2 is 1.90 bits per heavy atom. The predicted molar refractivity (Wildman–Crippen MR) is 83.6 cm³/mol. The van der Waals surface area contributed by atoms with Crippen LogP contribution in [0.2, 0.25) is 0 Å². The van der Waals surface area contributed by atoms with Crippen LogP contribution in [0.1, 0.15) is 19.4 Å². The Bertz CT molecular complexity index is 420. The molecule has 1 rings (SSSR count). The summed E-state index contributed by atoms with van der Waals surface area (Å²) in [5, 5.41) is 6.01. The summed E-state index contributed by atoms with van der Waals surface area (Å²) in [7, 11) is 1.61. The van der Waals surface area contributed by atoms with Gasteiger partial charge in [-0.25, -0.2) is 0 Å². The molecule has 0 fully saturated rings. The summed E-state index contributed by atoms with van der Waals surface area (Å²) in [4.78, 5) is 11.8. The average molecular weight is 294 g/mol. The van der Waals surface area contributed by atoms with Crippen LogP contribution in [0.3, 0.4) is 0 Å². The summed E-state index contributed by atoms with van der Waals surface area (Å²) in [5.41, 5.74) is 1.20. The summed E-state index contributed by atoms with van der Waals surface area (Å²) >= 11 is 0. The Morgan fingerprint density at radius 3 is 2.52 bits per heavy atom. The molecule has 0 saturated heterocycles. The number of nitrogens with one attached hydrogen (secondary N) is 2. The van der Waals surface area contributed by atoms with Gasteiger partial charge in [0, 0.05) is 19.7 Å². The molecular formula is C16H26N2O3. The third-order valence-corrected chi connectivity index (χ3v) is 3.05. The van der Waals surface area contributed by atoms with Crippen molar-refractivity contribution in [2.75, 3.05) is 26.9 Å². The summed E-state index contributed by atoms with van der Waals surface area (Å²) < 4.78 is 10.6. The van der Waals surface area contributed by atoms with Gasteiger partial charge in [-0.15, -0.1) is 0 Å². The molecule has 1 amide bonds. The van der Waals surface area contributed by atoms with Crippen LogP contribution >= 0.6 is 0 Å². The third kappa shape index (κ3) is 7.11. The fourth-order valence-corrected chi connectivity index (χ4v) is 1.84. The van der Waals surface area contributed by atoms with E-state index in [1.54, 1.807) is 7.11 Å². The van der Waals surface area contributed by atoms with E-state index < -0.39 is 0 Å². The molecule has 0 heterocycles. The van der Waals surface area contributed by atoms with Crippen LogP contribution in [0.25, 0.3) is 0 Å². The minimum absolute atomic E-state index is 0.0331. The second kappa shape index (κ2) is 9.37. The van der Waals surface area contributed by atoms with Crippen LogP contribution in [-0.4, -0.2) is 44.9 Å². The van der Waals surface area contributed by atoms with E-state index in [0.717, 1.165) is 5.75 Å². The molecule has 0 saturated carbocycles. The molecule has 5 nitrogen and oxygen atoms in total. The van der Waals surface area contributed by atoms with E-state index in [-0.39, 0.29) is 18.0 Å². The van der Waals surface area contributed by atoms with Gasteiger partial charge < -0.3 is 20.1 Å². The number of amides is 1. The van der Waals surface area contributed by atoms with Crippen LogP contribution in [0.5, 0.6) is 5.75 Å². The van der Waals surface area contributed by atoms with Crippen molar-refractivity contribution in [3.63, 3.8) is 0 Å². The summed E-state index contributed by atoms with van der Waals surface area (Å²) in [6, 6.07) is 7.73. The number of benzene rings is 1. The maximum atomic E-state index is 11.8. The summed E-state index contributed by atoms with van der Waals surface area (Å²) in [6.07, 6.45) is 0. The van der Waals surface area contributed by atoms with Crippen molar-refractivity contribution < 1.29 is 14.3 Å². The standard InChI is InChI=1S/C16H26N2O3/c1-12-5-7-15(8-6-12)21-11-13(2)18-14(3)16(19)17-9-10-20-4/h5-8,13-14,18H,9-11H2,1-4H3,(H,17,19). The highest BCUT2D eigenvalue weighted by molar-refractivity contribution is 5.81. The molecule has 0 aromatic heterocycles. The van der Waals surface area contributed by atoms with Crippen molar-refractivity contribution in [3.8, 4) is 5.75 Å². The lowest BCUT2D eigenvalue weighted by atomic mass is 10.2. The number of hydrogen-bond donors (Lipinski definition) is 2. The second-order valence-corrected chi connectivity index (χ2v) is 5.20. The molecule has 118 valence electrons. The highest BCUT2D eigenvalue weighted by atomic mass is 16.5. The lowest BCUT2D eigenvalue weighted by Gasteiger charge is -2.20. The van der Waals surface area contributed by atoms with Crippen molar-refractivity contribution >= 4 is 5.91 Å². The smallest absolute Gasteiger partial charge is 0.236 e. The predicted octanol–water partition coefficient (Wildman–Crippen LogP) is 1.50. The van der Waals surface area contributed by atoms with Crippen LogP contribution < -0.4 is 15.4 Å². The van der Waals surface area contributed by atoms with E-state index in [1.807, 2.05) is 45.0 Å². The highest BCUT2D eigenvalue weighted by Gasteiger charge is 2.15. The lowest BCUT2D eigenvalue weighted by Crippen LogP contribution is -2.48. The maximum absolute atomic E-state index is 11.8. The fourth-order valence-electron chi connectivity index (χ4n) is 1.84. The first-order valence-corrected chi connectivity index (χ1v) is 7.25. The zero-order valence-electron chi connectivity index (χ0n) is 13.3. The van der Waals surface area contributed by atoms with Gasteiger partial charge in [0.15, 0.2) is 0 Å². The highest BCUT2D eigenvalue weighted by Crippen LogP contribution is 2.11. The zero-order valence-corrected chi connectivity index (χ0v) is 13.3. The number of hydrogen-bond acceptors (Lipinski definition) is 4. The average Bonchev–Trinajstić information content (AvgIpc) is 2.46. The van der Waals surface area contributed by atoms with E-state index in [0.29, 0.717) is 19.8 Å². The fraction of sp³-hybridized carbons (Fsp3) is 0.562. The maximum Gasteiger partial charge on any atom is 0.236 e. The number of aryl methyl sites for hydroxylation is 1. The number of carbonyl (C=O) groups excluding carboxylic acids is 1. The largest absolute Gasteiger partial charge is 0.492 e. The normalized spacial score (nSPS) is 13.5. The van der Waals surface area contributed by atoms with Crippen molar-refractivity contribution in [1.82, 2.24) is 10.6 Å². The molecule has 0 aliphatic heterocycles. The van der Waals surface area contributed by atoms with Crippen molar-refractivity contribution in [1.29, 1.82) is 0 Å². The first kappa shape index (κ1) is 17.5. The van der Waals surface area contributed by atoms with E-state index >= 15 is 0 Å². The lowest BCUT2D eigenvalue weighted by molar-refractivity contribution is -0.123. The number of carbonyl (C=O) groups is 1. The van der Waals surface area contributed by atoms with E-state index in [9.17, 15) is 4.79 Å². The van der Waals surface area contributed by atoms with Gasteiger partial charge >= 0.3 is 0 Å². The van der Waals surface area contributed by atoms with Gasteiger partial charge in [-0.2, -0.15) is 0 Å². The minimum atomic E-state index is -0.265. The first-order chi connectivity index (χ1) is 10.0. The van der Waals surface area contributed by atoms with Gasteiger partial charge in [0.1, 0.15) is 12.4 Å². The number of ether oxygens (including phenoxy) is 2. The minimum Gasteiger partial charge on any atom is -0.492 e. The molecule has 0 bridgehead atoms. The molecule has 2 unspecified atom stereocenters.